The first kappa shape index (κ1) is 27.2. The Balaban J connectivity index is 1.70. The molecule has 0 atom stereocenters. The Morgan fingerprint density at radius 3 is 1.53 bits per heavy atom. The second kappa shape index (κ2) is 11.1. The average molecular weight is 542 g/mol. The van der Waals surface area contributed by atoms with Gasteiger partial charge in [-0.05, 0) is 0 Å². The Bertz CT molecular complexity index is 1030. The molecule has 0 aliphatic heterocycles. The summed E-state index contributed by atoms with van der Waals surface area (Å²) in [5.41, 5.74) is 4.93. The van der Waals surface area contributed by atoms with Gasteiger partial charge in [0.1, 0.15) is 0 Å². The van der Waals surface area contributed by atoms with E-state index in [1.54, 1.807) is 0 Å². The summed E-state index contributed by atoms with van der Waals surface area (Å²) in [6.45, 7) is 16.9. The van der Waals surface area contributed by atoms with Gasteiger partial charge in [0.05, 0.1) is 0 Å². The second-order valence-electron chi connectivity index (χ2n) is 11.8. The molecule has 0 bridgehead atoms. The van der Waals surface area contributed by atoms with E-state index >= 15 is 0 Å². The molecule has 1 heterocycles. The molecular formula is C30H43N2PSe. The van der Waals surface area contributed by atoms with E-state index < -0.39 is 5.51 Å². The molecule has 3 rings (SSSR count). The van der Waals surface area contributed by atoms with E-state index in [0.717, 1.165) is 25.2 Å². The Hall–Kier alpha value is -1.40. The van der Waals surface area contributed by atoms with Gasteiger partial charge in [-0.15, -0.1) is 0 Å². The van der Waals surface area contributed by atoms with Crippen molar-refractivity contribution < 1.29 is 0 Å². The molecule has 0 spiro atoms. The van der Waals surface area contributed by atoms with Crippen LogP contribution in [0, 0.1) is 6.92 Å². The summed E-state index contributed by atoms with van der Waals surface area (Å²) < 4.78 is 2.31. The number of nitrogens with zero attached hydrogens (tertiary/aromatic N) is 2. The number of benzene rings is 2. The summed E-state index contributed by atoms with van der Waals surface area (Å²) >= 11 is 3.76. The van der Waals surface area contributed by atoms with Crippen LogP contribution in [0.2, 0.25) is 0 Å². The first-order valence-electron chi connectivity index (χ1n) is 12.6. The first-order valence-corrected chi connectivity index (χ1v) is 17.2. The summed E-state index contributed by atoms with van der Waals surface area (Å²) in [5.74, 6) is 1.11. The normalized spacial score (nSPS) is 12.8. The number of rotatable bonds is 9. The predicted octanol–water partition coefficient (Wildman–Crippen LogP) is 7.37. The van der Waals surface area contributed by atoms with Crippen LogP contribution in [-0.4, -0.2) is 43.1 Å². The molecule has 0 saturated heterocycles. The fraction of sp³-hybridized carbons (Fsp3) is 0.500. The van der Waals surface area contributed by atoms with Crippen molar-refractivity contribution in [2.24, 2.45) is 0 Å². The standard InChI is InChI=1S/C30H43N2PSe/c1-24-31-18-19-32(24)20-23-33(34,21-16-25-8-12-27(13-9-25)29(2,3)4)22-17-26-10-14-28(15-11-26)30(5,6)7/h8-15,18-19H,16-17,20-23H2,1-7H3. The molecule has 2 aromatic carbocycles. The molecule has 0 unspecified atom stereocenters. The molecule has 1 aromatic heterocycles. The summed E-state index contributed by atoms with van der Waals surface area (Å²) in [7, 11) is 0. The number of aromatic nitrogens is 2. The average Bonchev–Trinajstić information content (AvgIpc) is 3.19. The van der Waals surface area contributed by atoms with Crippen LogP contribution < -0.4 is 0 Å². The molecule has 0 N–H and O–H groups in total. The van der Waals surface area contributed by atoms with Crippen molar-refractivity contribution in [1.82, 2.24) is 9.55 Å². The minimum absolute atomic E-state index is 0.207. The third-order valence-corrected chi connectivity index (χ3v) is 13.5. The van der Waals surface area contributed by atoms with Crippen molar-refractivity contribution in [3.8, 4) is 0 Å². The summed E-state index contributed by atoms with van der Waals surface area (Å²) in [6, 6.07) is 18.7. The molecule has 3 aromatic rings. The van der Waals surface area contributed by atoms with Gasteiger partial charge in [0.25, 0.3) is 0 Å². The number of aryl methyl sites for hydroxylation is 4. The maximum absolute atomic E-state index is 4.43. The van der Waals surface area contributed by atoms with Crippen molar-refractivity contribution >= 4 is 20.6 Å². The molecular weight excluding hydrogens is 498 g/mol. The number of hydrogen-bond donors (Lipinski definition) is 0. The van der Waals surface area contributed by atoms with Gasteiger partial charge in [-0.25, -0.2) is 0 Å². The van der Waals surface area contributed by atoms with Crippen LogP contribution in [0.1, 0.15) is 69.6 Å². The van der Waals surface area contributed by atoms with Gasteiger partial charge in [-0.2, -0.15) is 0 Å². The van der Waals surface area contributed by atoms with Crippen LogP contribution in [0.25, 0.3) is 0 Å². The van der Waals surface area contributed by atoms with Gasteiger partial charge in [0.2, 0.25) is 0 Å². The van der Waals surface area contributed by atoms with Crippen molar-refractivity contribution in [3.63, 3.8) is 0 Å². The van der Waals surface area contributed by atoms with Crippen molar-refractivity contribution in [2.45, 2.75) is 78.7 Å². The molecule has 0 saturated carbocycles. The van der Waals surface area contributed by atoms with Gasteiger partial charge >= 0.3 is 216 Å². The molecule has 0 amide bonds. The van der Waals surface area contributed by atoms with Crippen molar-refractivity contribution in [2.75, 3.05) is 18.5 Å². The van der Waals surface area contributed by atoms with E-state index in [1.165, 1.54) is 40.7 Å². The SMILES string of the molecule is Cc1nccn1CCP(=[Se])(CCc1ccc(C(C)(C)C)cc1)CCc1ccc(C(C)(C)C)cc1. The molecule has 2 nitrogen and oxygen atoms in total. The Morgan fingerprint density at radius 1 is 0.735 bits per heavy atom. The van der Waals surface area contributed by atoms with Crippen molar-refractivity contribution in [3.05, 3.63) is 89.0 Å². The van der Waals surface area contributed by atoms with Gasteiger partial charge in [0.15, 0.2) is 0 Å². The number of imidazole rings is 1. The Labute approximate surface area is 215 Å². The zero-order valence-corrected chi connectivity index (χ0v) is 24.9. The Kier molecular flexibility index (Phi) is 8.89. The van der Waals surface area contributed by atoms with E-state index in [9.17, 15) is 0 Å². The van der Waals surface area contributed by atoms with E-state index in [0.29, 0.717) is 0 Å². The molecule has 0 radical (unpaired) electrons. The van der Waals surface area contributed by atoms with Crippen LogP contribution >= 0.6 is 5.51 Å². The zero-order chi connectivity index (χ0) is 25.0. The minimum atomic E-state index is -1.22. The van der Waals surface area contributed by atoms with E-state index in [4.69, 9.17) is 0 Å². The third kappa shape index (κ3) is 7.81. The fourth-order valence-electron chi connectivity index (χ4n) is 4.27. The predicted molar refractivity (Wildman–Crippen MR) is 152 cm³/mol. The second-order valence-corrected chi connectivity index (χ2v) is 20.1. The molecule has 184 valence electrons. The van der Waals surface area contributed by atoms with Crippen LogP contribution in [0.15, 0.2) is 60.9 Å². The van der Waals surface area contributed by atoms with E-state index in [-0.39, 0.29) is 10.8 Å². The van der Waals surface area contributed by atoms with Crippen LogP contribution in [0.4, 0.5) is 0 Å². The van der Waals surface area contributed by atoms with Crippen LogP contribution in [-0.2, 0) is 30.2 Å². The summed E-state index contributed by atoms with van der Waals surface area (Å²) in [4.78, 5) is 4.43. The topological polar surface area (TPSA) is 17.8 Å². The van der Waals surface area contributed by atoms with Gasteiger partial charge in [-0.3, -0.25) is 0 Å². The van der Waals surface area contributed by atoms with E-state index in [1.807, 2.05) is 6.20 Å². The zero-order valence-electron chi connectivity index (χ0n) is 22.3. The van der Waals surface area contributed by atoms with Crippen LogP contribution in [0.3, 0.4) is 0 Å². The number of hydrogen-bond acceptors (Lipinski definition) is 1. The first-order chi connectivity index (χ1) is 15.9. The molecule has 4 heteroatoms. The monoisotopic (exact) mass is 542 g/mol. The molecule has 0 aliphatic rings. The molecule has 0 aliphatic carbocycles. The summed E-state index contributed by atoms with van der Waals surface area (Å²) in [5, 5.41) is 0. The fourth-order valence-corrected chi connectivity index (χ4v) is 8.52. The van der Waals surface area contributed by atoms with Gasteiger partial charge in [-0.1, -0.05) is 0 Å². The maximum atomic E-state index is 4.43. The van der Waals surface area contributed by atoms with Crippen LogP contribution in [0.5, 0.6) is 0 Å². The van der Waals surface area contributed by atoms with Crippen molar-refractivity contribution in [1.29, 1.82) is 0 Å². The third-order valence-electron chi connectivity index (χ3n) is 6.93. The Morgan fingerprint density at radius 2 is 1.18 bits per heavy atom. The molecule has 34 heavy (non-hydrogen) atoms. The quantitative estimate of drug-likeness (QED) is 0.204. The van der Waals surface area contributed by atoms with Gasteiger partial charge in [0, 0.05) is 0 Å². The van der Waals surface area contributed by atoms with E-state index in [2.05, 4.69) is 128 Å². The van der Waals surface area contributed by atoms with Gasteiger partial charge < -0.3 is 0 Å². The summed E-state index contributed by atoms with van der Waals surface area (Å²) in [6.07, 6.45) is 10.1. The molecule has 0 fully saturated rings.